The van der Waals surface area contributed by atoms with Crippen molar-refractivity contribution in [3.05, 3.63) is 144 Å². The number of aromatic nitrogens is 2. The Morgan fingerprint density at radius 2 is 0.714 bits per heavy atom. The summed E-state index contributed by atoms with van der Waals surface area (Å²) >= 11 is 0. The quantitative estimate of drug-likeness (QED) is 0.0825. The molecule has 6 amide bonds. The third-order valence-corrected chi connectivity index (χ3v) is 13.1. The van der Waals surface area contributed by atoms with Crippen LogP contribution in [0, 0.1) is 0 Å². The van der Waals surface area contributed by atoms with Crippen molar-refractivity contribution < 1.29 is 28.8 Å². The lowest BCUT2D eigenvalue weighted by Crippen LogP contribution is -2.55. The molecule has 14 nitrogen and oxygen atoms in total. The van der Waals surface area contributed by atoms with Crippen molar-refractivity contribution in [3.63, 3.8) is 0 Å². The number of hydrogen-bond donors (Lipinski definition) is 8. The Balaban J connectivity index is 1.03. The molecule has 70 heavy (non-hydrogen) atoms. The SMILES string of the molecule is O=C1CCCCCCCNC(=O)C(Cc2c[nH]c3ccccc23)NC(=O)C(Cc2ccccc2)NC(=O)CCCCCCCNC(=O)C(Cc2c[nH]c3ccccc23)NC(=O)C(Cc2ccccc2)N1. The van der Waals surface area contributed by atoms with Crippen molar-refractivity contribution in [1.82, 2.24) is 41.9 Å². The number of hydrogen-bond acceptors (Lipinski definition) is 6. The predicted octanol–water partition coefficient (Wildman–Crippen LogP) is 6.79. The van der Waals surface area contributed by atoms with Crippen LogP contribution in [0.5, 0.6) is 0 Å². The van der Waals surface area contributed by atoms with Crippen molar-refractivity contribution >= 4 is 57.2 Å². The molecule has 4 unspecified atom stereocenters. The third-order valence-electron chi connectivity index (χ3n) is 13.1. The first kappa shape index (κ1) is 50.7. The van der Waals surface area contributed by atoms with Gasteiger partial charge in [0.2, 0.25) is 35.4 Å². The van der Waals surface area contributed by atoms with Gasteiger partial charge in [-0.05, 0) is 60.1 Å². The molecule has 368 valence electrons. The molecule has 1 aliphatic heterocycles. The Kier molecular flexibility index (Phi) is 19.2. The van der Waals surface area contributed by atoms with Gasteiger partial charge in [0.05, 0.1) is 0 Å². The first-order valence-corrected chi connectivity index (χ1v) is 25.1. The number of rotatable bonds is 8. The van der Waals surface area contributed by atoms with Crippen LogP contribution in [0.1, 0.15) is 99.3 Å². The number of H-pyrrole nitrogens is 2. The predicted molar refractivity (Wildman–Crippen MR) is 273 cm³/mol. The molecule has 0 spiro atoms. The van der Waals surface area contributed by atoms with E-state index in [1.54, 1.807) is 0 Å². The summed E-state index contributed by atoms with van der Waals surface area (Å²) in [5, 5.41) is 20.0. The van der Waals surface area contributed by atoms with Gasteiger partial charge in [-0.2, -0.15) is 0 Å². The van der Waals surface area contributed by atoms with E-state index in [1.807, 2.05) is 122 Å². The Bertz CT molecular complexity index is 2460. The molecular formula is C56H68N8O6. The average Bonchev–Trinajstić information content (AvgIpc) is 3.98. The molecule has 6 aromatic rings. The molecule has 4 atom stereocenters. The third kappa shape index (κ3) is 15.4. The van der Waals surface area contributed by atoms with Gasteiger partial charge in [0.1, 0.15) is 24.2 Å². The van der Waals surface area contributed by atoms with Gasteiger partial charge in [-0.1, -0.05) is 136 Å². The molecule has 14 heteroatoms. The highest BCUT2D eigenvalue weighted by Crippen LogP contribution is 2.21. The lowest BCUT2D eigenvalue weighted by Gasteiger charge is -2.24. The van der Waals surface area contributed by atoms with E-state index in [4.69, 9.17) is 0 Å². The minimum Gasteiger partial charge on any atom is -0.361 e. The Hall–Kier alpha value is -7.22. The van der Waals surface area contributed by atoms with E-state index in [9.17, 15) is 28.8 Å². The second-order valence-corrected chi connectivity index (χ2v) is 18.5. The molecule has 1 aliphatic rings. The zero-order valence-corrected chi connectivity index (χ0v) is 40.0. The molecule has 3 heterocycles. The summed E-state index contributed by atoms with van der Waals surface area (Å²) in [6.45, 7) is 0.804. The largest absolute Gasteiger partial charge is 0.361 e. The molecule has 8 N–H and O–H groups in total. The summed E-state index contributed by atoms with van der Waals surface area (Å²) in [6.07, 6.45) is 12.7. The number of carbonyl (C=O) groups is 6. The highest BCUT2D eigenvalue weighted by molar-refractivity contribution is 5.94. The minimum absolute atomic E-state index is 0.232. The van der Waals surface area contributed by atoms with Gasteiger partial charge in [0.25, 0.3) is 0 Å². The molecule has 0 saturated carbocycles. The van der Waals surface area contributed by atoms with Crippen LogP contribution in [0.4, 0.5) is 0 Å². The van der Waals surface area contributed by atoms with Crippen molar-refractivity contribution in [1.29, 1.82) is 0 Å². The van der Waals surface area contributed by atoms with E-state index >= 15 is 0 Å². The first-order chi connectivity index (χ1) is 34.2. The lowest BCUT2D eigenvalue weighted by atomic mass is 10.0. The van der Waals surface area contributed by atoms with Gasteiger partial charge >= 0.3 is 0 Å². The van der Waals surface area contributed by atoms with E-state index < -0.39 is 36.0 Å². The zero-order chi connectivity index (χ0) is 48.9. The monoisotopic (exact) mass is 949 g/mol. The van der Waals surface area contributed by atoms with E-state index in [2.05, 4.69) is 41.9 Å². The fourth-order valence-corrected chi connectivity index (χ4v) is 9.21. The zero-order valence-electron chi connectivity index (χ0n) is 40.0. The number of fused-ring (bicyclic) bond motifs is 2. The van der Waals surface area contributed by atoms with Gasteiger partial charge in [-0.3, -0.25) is 28.8 Å². The molecule has 4 aromatic carbocycles. The second-order valence-electron chi connectivity index (χ2n) is 18.5. The Morgan fingerprint density at radius 1 is 0.357 bits per heavy atom. The van der Waals surface area contributed by atoms with Crippen LogP contribution in [0.2, 0.25) is 0 Å². The number of carbonyl (C=O) groups excluding carboxylic acids is 6. The number of nitrogens with one attached hydrogen (secondary N) is 8. The van der Waals surface area contributed by atoms with E-state index in [0.29, 0.717) is 38.8 Å². The first-order valence-electron chi connectivity index (χ1n) is 25.1. The fourth-order valence-electron chi connectivity index (χ4n) is 9.21. The lowest BCUT2D eigenvalue weighted by molar-refractivity contribution is -0.132. The highest BCUT2D eigenvalue weighted by atomic mass is 16.2. The molecule has 7 rings (SSSR count). The van der Waals surface area contributed by atoms with Crippen LogP contribution >= 0.6 is 0 Å². The summed E-state index contributed by atoms with van der Waals surface area (Å²) in [5.41, 5.74) is 5.40. The number of para-hydroxylation sites is 2. The van der Waals surface area contributed by atoms with Gasteiger partial charge in [0, 0.05) is 85.8 Å². The van der Waals surface area contributed by atoms with Crippen LogP contribution < -0.4 is 31.9 Å². The molecule has 0 radical (unpaired) electrons. The summed E-state index contributed by atoms with van der Waals surface area (Å²) in [6, 6.07) is 31.1. The summed E-state index contributed by atoms with van der Waals surface area (Å²) in [7, 11) is 0. The van der Waals surface area contributed by atoms with E-state index in [0.717, 1.165) is 82.6 Å². The second kappa shape index (κ2) is 26.5. The van der Waals surface area contributed by atoms with E-state index in [1.165, 1.54) is 0 Å². The van der Waals surface area contributed by atoms with E-state index in [-0.39, 0.29) is 62.2 Å². The maximum atomic E-state index is 14.2. The van der Waals surface area contributed by atoms with Gasteiger partial charge in [-0.25, -0.2) is 0 Å². The minimum atomic E-state index is -0.904. The number of benzene rings is 4. The van der Waals surface area contributed by atoms with Crippen LogP contribution in [0.3, 0.4) is 0 Å². The number of aromatic amines is 2. The molecular weight excluding hydrogens is 881 g/mol. The van der Waals surface area contributed by atoms with Gasteiger partial charge in [-0.15, -0.1) is 0 Å². The normalized spacial score (nSPS) is 20.9. The van der Waals surface area contributed by atoms with Crippen LogP contribution in [-0.2, 0) is 54.5 Å². The standard InChI is InChI=1S/C56H68N8O6/c65-51-29-13-3-1-5-19-31-57-53(67)49(35-41-37-59-45-27-17-15-25-43(41)45)63-56(70)48(34-40-23-11-8-12-24-40)62-52(66)30-14-4-2-6-20-32-58-54(68)50(36-42-38-60-46-28-18-16-26-44(42)46)64-55(69)47(61-51)33-39-21-9-7-10-22-39/h7-12,15-18,21-28,37-38,47-50,59-60H,1-6,13-14,19-20,29-36H2,(H,57,67)(H,58,68)(H,61,65)(H,62,66)(H,63,70)(H,64,69). The van der Waals surface area contributed by atoms with Crippen molar-refractivity contribution in [2.45, 2.75) is 127 Å². The Morgan fingerprint density at radius 3 is 1.14 bits per heavy atom. The van der Waals surface area contributed by atoms with Crippen LogP contribution in [-0.4, -0.2) is 82.7 Å². The fraction of sp³-hybridized carbons (Fsp3) is 0.393. The van der Waals surface area contributed by atoms with Crippen LogP contribution in [0.25, 0.3) is 21.8 Å². The van der Waals surface area contributed by atoms with Crippen molar-refractivity contribution in [3.8, 4) is 0 Å². The van der Waals surface area contributed by atoms with Crippen molar-refractivity contribution in [2.24, 2.45) is 0 Å². The Labute approximate surface area is 410 Å². The van der Waals surface area contributed by atoms with Crippen LogP contribution in [0.15, 0.2) is 122 Å². The van der Waals surface area contributed by atoms with Gasteiger partial charge < -0.3 is 41.9 Å². The number of amides is 6. The van der Waals surface area contributed by atoms with Gasteiger partial charge in [0.15, 0.2) is 0 Å². The molecule has 1 saturated heterocycles. The highest BCUT2D eigenvalue weighted by Gasteiger charge is 2.30. The summed E-state index contributed by atoms with van der Waals surface area (Å²) < 4.78 is 0. The maximum Gasteiger partial charge on any atom is 0.243 e. The smallest absolute Gasteiger partial charge is 0.243 e. The molecule has 0 bridgehead atoms. The summed E-state index contributed by atoms with van der Waals surface area (Å²) in [4.78, 5) is 89.7. The molecule has 1 fully saturated rings. The molecule has 0 aliphatic carbocycles. The topological polar surface area (TPSA) is 206 Å². The maximum absolute atomic E-state index is 14.2. The summed E-state index contributed by atoms with van der Waals surface area (Å²) in [5.74, 6) is -1.96. The average molecular weight is 949 g/mol. The van der Waals surface area contributed by atoms with Crippen molar-refractivity contribution in [2.75, 3.05) is 13.1 Å². The molecule has 2 aromatic heterocycles.